The molecule has 21 heavy (non-hydrogen) atoms. The molecule has 2 aromatic carbocycles. The molecular formula is C19H17NO. The molecule has 0 unspecified atom stereocenters. The maximum Gasteiger partial charge on any atom is 0.299 e. The molecule has 0 aromatic heterocycles. The Morgan fingerprint density at radius 2 is 1.76 bits per heavy atom. The van der Waals surface area contributed by atoms with Gasteiger partial charge < -0.3 is 4.90 Å². The van der Waals surface area contributed by atoms with Gasteiger partial charge in [-0.25, -0.2) is 0 Å². The summed E-state index contributed by atoms with van der Waals surface area (Å²) >= 11 is 0. The van der Waals surface area contributed by atoms with Crippen LogP contribution in [0.3, 0.4) is 0 Å². The van der Waals surface area contributed by atoms with Gasteiger partial charge in [0.05, 0.1) is 0 Å². The van der Waals surface area contributed by atoms with Gasteiger partial charge in [0.1, 0.15) is 0 Å². The van der Waals surface area contributed by atoms with Crippen LogP contribution in [0.2, 0.25) is 0 Å². The van der Waals surface area contributed by atoms with Crippen molar-refractivity contribution in [3.8, 4) is 11.8 Å². The number of fused-ring (bicyclic) bond motifs is 1. The van der Waals surface area contributed by atoms with Gasteiger partial charge in [-0.2, -0.15) is 0 Å². The average molecular weight is 275 g/mol. The third-order valence-electron chi connectivity index (χ3n) is 3.87. The van der Waals surface area contributed by atoms with Gasteiger partial charge in [-0.05, 0) is 36.1 Å². The first-order valence-corrected chi connectivity index (χ1v) is 7.17. The molecule has 0 bridgehead atoms. The lowest BCUT2D eigenvalue weighted by molar-refractivity contribution is -0.125. The molecule has 2 nitrogen and oxygen atoms in total. The Labute approximate surface area is 125 Å². The molecule has 1 heterocycles. The lowest BCUT2D eigenvalue weighted by Gasteiger charge is -2.27. The van der Waals surface area contributed by atoms with Crippen LogP contribution in [-0.2, 0) is 17.8 Å². The minimum absolute atomic E-state index is 0.0900. The molecule has 0 N–H and O–H groups in total. The predicted octanol–water partition coefficient (Wildman–Crippen LogP) is 2.93. The molecular weight excluding hydrogens is 258 g/mol. The van der Waals surface area contributed by atoms with Crippen LogP contribution in [0, 0.1) is 18.8 Å². The smallest absolute Gasteiger partial charge is 0.299 e. The molecule has 0 saturated heterocycles. The summed E-state index contributed by atoms with van der Waals surface area (Å²) in [5, 5.41) is 0. The van der Waals surface area contributed by atoms with E-state index in [0.717, 1.165) is 24.1 Å². The van der Waals surface area contributed by atoms with Gasteiger partial charge in [-0.1, -0.05) is 48.4 Å². The second-order valence-electron chi connectivity index (χ2n) is 5.31. The number of nitrogens with zero attached hydrogens (tertiary/aromatic N) is 1. The Hall–Kier alpha value is -2.53. The maximum atomic E-state index is 12.2. The fourth-order valence-electron chi connectivity index (χ4n) is 2.58. The summed E-state index contributed by atoms with van der Waals surface area (Å²) < 4.78 is 0. The summed E-state index contributed by atoms with van der Waals surface area (Å²) in [4.78, 5) is 14.1. The van der Waals surface area contributed by atoms with Gasteiger partial charge in [0.2, 0.25) is 0 Å². The maximum absolute atomic E-state index is 12.2. The summed E-state index contributed by atoms with van der Waals surface area (Å²) in [5.74, 6) is 5.68. The third-order valence-corrected chi connectivity index (χ3v) is 3.87. The van der Waals surface area contributed by atoms with Crippen molar-refractivity contribution in [1.29, 1.82) is 0 Å². The van der Waals surface area contributed by atoms with E-state index in [1.807, 2.05) is 48.2 Å². The normalized spacial score (nSPS) is 13.1. The van der Waals surface area contributed by atoms with Crippen LogP contribution in [0.1, 0.15) is 22.3 Å². The average Bonchev–Trinajstić information content (AvgIpc) is 2.53. The zero-order chi connectivity index (χ0) is 14.7. The number of hydrogen-bond donors (Lipinski definition) is 0. The van der Waals surface area contributed by atoms with E-state index < -0.39 is 0 Å². The van der Waals surface area contributed by atoms with Crippen LogP contribution >= 0.6 is 0 Å². The van der Waals surface area contributed by atoms with Gasteiger partial charge in [0.25, 0.3) is 5.91 Å². The van der Waals surface area contributed by atoms with Gasteiger partial charge in [-0.3, -0.25) is 4.79 Å². The van der Waals surface area contributed by atoms with Crippen molar-refractivity contribution in [2.75, 3.05) is 6.54 Å². The Kier molecular flexibility index (Phi) is 3.75. The third kappa shape index (κ3) is 2.98. The van der Waals surface area contributed by atoms with E-state index in [0.29, 0.717) is 6.54 Å². The highest BCUT2D eigenvalue weighted by molar-refractivity contribution is 5.94. The summed E-state index contributed by atoms with van der Waals surface area (Å²) in [5.41, 5.74) is 4.59. The lowest BCUT2D eigenvalue weighted by Crippen LogP contribution is -2.35. The molecule has 0 fully saturated rings. The highest BCUT2D eigenvalue weighted by atomic mass is 16.2. The molecule has 1 aliphatic heterocycles. The van der Waals surface area contributed by atoms with Crippen molar-refractivity contribution in [1.82, 2.24) is 4.90 Å². The second-order valence-corrected chi connectivity index (χ2v) is 5.31. The number of hydrogen-bond acceptors (Lipinski definition) is 1. The zero-order valence-electron chi connectivity index (χ0n) is 12.1. The summed E-state index contributed by atoms with van der Waals surface area (Å²) in [7, 11) is 0. The molecule has 0 aliphatic carbocycles. The first-order chi connectivity index (χ1) is 10.2. The van der Waals surface area contributed by atoms with E-state index in [9.17, 15) is 4.79 Å². The van der Waals surface area contributed by atoms with Crippen molar-refractivity contribution in [2.24, 2.45) is 0 Å². The molecule has 0 spiro atoms. The van der Waals surface area contributed by atoms with Crippen LogP contribution in [0.25, 0.3) is 0 Å². The zero-order valence-corrected chi connectivity index (χ0v) is 12.1. The summed E-state index contributed by atoms with van der Waals surface area (Å²) in [6.45, 7) is 3.42. The molecule has 3 rings (SSSR count). The molecule has 1 amide bonds. The van der Waals surface area contributed by atoms with Crippen molar-refractivity contribution in [3.05, 3.63) is 70.8 Å². The predicted molar refractivity (Wildman–Crippen MR) is 83.6 cm³/mol. The Morgan fingerprint density at radius 1 is 1.05 bits per heavy atom. The number of rotatable bonds is 0. The van der Waals surface area contributed by atoms with Gasteiger partial charge in [-0.15, -0.1) is 0 Å². The van der Waals surface area contributed by atoms with Crippen LogP contribution in [0.5, 0.6) is 0 Å². The summed E-state index contributed by atoms with van der Waals surface area (Å²) in [6, 6.07) is 16.2. The van der Waals surface area contributed by atoms with Crippen molar-refractivity contribution in [3.63, 3.8) is 0 Å². The number of carbonyl (C=O) groups excluding carboxylic acids is 1. The standard InChI is InChI=1S/C19H17NO/c1-15-6-2-3-7-16(15)10-11-19(21)20-13-12-17-8-4-5-9-18(17)14-20/h2-9H,12-14H2,1H3. The number of amides is 1. The Balaban J connectivity index is 1.75. The largest absolute Gasteiger partial charge is 0.327 e. The highest BCUT2D eigenvalue weighted by Gasteiger charge is 2.18. The number of benzene rings is 2. The molecule has 0 atom stereocenters. The first kappa shape index (κ1) is 13.5. The van der Waals surface area contributed by atoms with E-state index in [-0.39, 0.29) is 5.91 Å². The van der Waals surface area contributed by atoms with Gasteiger partial charge in [0.15, 0.2) is 0 Å². The van der Waals surface area contributed by atoms with Crippen LogP contribution < -0.4 is 0 Å². The monoisotopic (exact) mass is 275 g/mol. The van der Waals surface area contributed by atoms with Crippen molar-refractivity contribution >= 4 is 5.91 Å². The minimum atomic E-state index is -0.0900. The molecule has 2 heteroatoms. The van der Waals surface area contributed by atoms with E-state index in [1.54, 1.807) is 0 Å². The van der Waals surface area contributed by atoms with E-state index in [2.05, 4.69) is 24.0 Å². The highest BCUT2D eigenvalue weighted by Crippen LogP contribution is 2.18. The number of aryl methyl sites for hydroxylation is 1. The Morgan fingerprint density at radius 3 is 2.57 bits per heavy atom. The van der Waals surface area contributed by atoms with Crippen molar-refractivity contribution < 1.29 is 4.79 Å². The molecule has 0 radical (unpaired) electrons. The molecule has 1 aliphatic rings. The summed E-state index contributed by atoms with van der Waals surface area (Å²) in [6.07, 6.45) is 0.911. The molecule has 2 aromatic rings. The van der Waals surface area contributed by atoms with E-state index in [1.165, 1.54) is 11.1 Å². The Bertz CT molecular complexity index is 736. The SMILES string of the molecule is Cc1ccccc1C#CC(=O)N1CCc2ccccc2C1. The number of carbonyl (C=O) groups is 1. The van der Waals surface area contributed by atoms with Crippen molar-refractivity contribution in [2.45, 2.75) is 19.9 Å². The first-order valence-electron chi connectivity index (χ1n) is 7.17. The van der Waals surface area contributed by atoms with Gasteiger partial charge >= 0.3 is 0 Å². The topological polar surface area (TPSA) is 20.3 Å². The minimum Gasteiger partial charge on any atom is -0.327 e. The van der Waals surface area contributed by atoms with Crippen LogP contribution in [0.4, 0.5) is 0 Å². The van der Waals surface area contributed by atoms with Crippen LogP contribution in [0.15, 0.2) is 48.5 Å². The van der Waals surface area contributed by atoms with E-state index in [4.69, 9.17) is 0 Å². The molecule has 0 saturated carbocycles. The van der Waals surface area contributed by atoms with Crippen LogP contribution in [-0.4, -0.2) is 17.4 Å². The quantitative estimate of drug-likeness (QED) is 0.677. The second kappa shape index (κ2) is 5.85. The fraction of sp³-hybridized carbons (Fsp3) is 0.211. The fourth-order valence-corrected chi connectivity index (χ4v) is 2.58. The lowest BCUT2D eigenvalue weighted by atomic mass is 10.00. The molecule has 104 valence electrons. The van der Waals surface area contributed by atoms with E-state index >= 15 is 0 Å². The van der Waals surface area contributed by atoms with Gasteiger partial charge in [0, 0.05) is 24.6 Å².